The molecule has 0 aromatic heterocycles. The Balaban J connectivity index is 1.42. The number of anilines is 1. The molecule has 1 fully saturated rings. The predicted octanol–water partition coefficient (Wildman–Crippen LogP) is 6.38. The Kier molecular flexibility index (Phi) is 6.55. The Morgan fingerprint density at radius 1 is 1.05 bits per heavy atom. The first kappa shape index (κ1) is 25.4. The molecule has 1 atom stereocenters. The third kappa shape index (κ3) is 4.76. The Morgan fingerprint density at radius 2 is 1.85 bits per heavy atom. The Bertz CT molecular complexity index is 1490. The third-order valence-corrected chi connectivity index (χ3v) is 7.81. The van der Waals surface area contributed by atoms with Crippen molar-refractivity contribution in [2.45, 2.75) is 39.7 Å². The standard InChI is InChI=1S/C32H34N2O5/c1-4-38-27-17-21(10-12-26(27)39-31(36)34-13-15-37-16-14-34)30-29-23(18-32(2,3)19-25(29)35)28-22-8-6-5-7-20(22)9-11-24(28)33-30/h5-12,17,30,33H,4,13-16,18-19H2,1-3H3/t30-/m0/s1. The van der Waals surface area contributed by atoms with Gasteiger partial charge >= 0.3 is 6.09 Å². The minimum absolute atomic E-state index is 0.125. The van der Waals surface area contributed by atoms with E-state index in [0.717, 1.165) is 45.2 Å². The molecule has 0 radical (unpaired) electrons. The number of allylic oxidation sites excluding steroid dienone is 1. The number of nitrogens with zero attached hydrogens (tertiary/aromatic N) is 1. The molecule has 3 aliphatic rings. The van der Waals surface area contributed by atoms with Crippen molar-refractivity contribution in [2.75, 3.05) is 38.2 Å². The molecule has 202 valence electrons. The largest absolute Gasteiger partial charge is 0.490 e. The second kappa shape index (κ2) is 10.0. The van der Waals surface area contributed by atoms with E-state index in [2.05, 4.69) is 49.5 Å². The molecular weight excluding hydrogens is 492 g/mol. The summed E-state index contributed by atoms with van der Waals surface area (Å²) in [5.41, 5.74) is 4.85. The molecule has 1 amide bonds. The molecule has 39 heavy (non-hydrogen) atoms. The Labute approximate surface area is 228 Å². The lowest BCUT2D eigenvalue weighted by Gasteiger charge is -2.40. The van der Waals surface area contributed by atoms with Crippen molar-refractivity contribution in [2.24, 2.45) is 5.41 Å². The molecule has 3 aromatic rings. The zero-order valence-electron chi connectivity index (χ0n) is 22.7. The van der Waals surface area contributed by atoms with Gasteiger partial charge in [-0.2, -0.15) is 0 Å². The van der Waals surface area contributed by atoms with E-state index in [9.17, 15) is 9.59 Å². The van der Waals surface area contributed by atoms with Gasteiger partial charge in [0.25, 0.3) is 0 Å². The maximum Gasteiger partial charge on any atom is 0.415 e. The maximum absolute atomic E-state index is 13.8. The minimum Gasteiger partial charge on any atom is -0.490 e. The number of amides is 1. The lowest BCUT2D eigenvalue weighted by Crippen LogP contribution is -2.42. The van der Waals surface area contributed by atoms with Gasteiger partial charge in [-0.25, -0.2) is 4.79 Å². The summed E-state index contributed by atoms with van der Waals surface area (Å²) in [5, 5.41) is 5.99. The molecule has 1 saturated heterocycles. The molecule has 0 spiro atoms. The summed E-state index contributed by atoms with van der Waals surface area (Å²) in [6.07, 6.45) is 0.900. The van der Waals surface area contributed by atoms with E-state index in [0.29, 0.717) is 50.8 Å². The van der Waals surface area contributed by atoms with Crippen LogP contribution in [-0.4, -0.2) is 49.7 Å². The van der Waals surface area contributed by atoms with E-state index in [1.165, 1.54) is 0 Å². The predicted molar refractivity (Wildman–Crippen MR) is 151 cm³/mol. The number of benzene rings is 3. The van der Waals surface area contributed by atoms with Crippen molar-refractivity contribution in [3.63, 3.8) is 0 Å². The van der Waals surface area contributed by atoms with Crippen LogP contribution in [0.5, 0.6) is 11.5 Å². The number of nitrogens with one attached hydrogen (secondary N) is 1. The van der Waals surface area contributed by atoms with E-state index in [1.807, 2.05) is 25.1 Å². The Hall–Kier alpha value is -3.84. The number of ether oxygens (including phenoxy) is 3. The van der Waals surface area contributed by atoms with Crippen LogP contribution < -0.4 is 14.8 Å². The van der Waals surface area contributed by atoms with Crippen LogP contribution in [0.2, 0.25) is 0 Å². The normalized spacial score (nSPS) is 20.2. The van der Waals surface area contributed by atoms with E-state index in [4.69, 9.17) is 14.2 Å². The second-order valence-corrected chi connectivity index (χ2v) is 11.2. The van der Waals surface area contributed by atoms with Crippen molar-refractivity contribution in [3.05, 3.63) is 71.3 Å². The van der Waals surface area contributed by atoms with Gasteiger partial charge in [0.05, 0.1) is 25.9 Å². The summed E-state index contributed by atoms with van der Waals surface area (Å²) in [7, 11) is 0. The number of carbonyl (C=O) groups is 2. The Morgan fingerprint density at radius 3 is 2.64 bits per heavy atom. The zero-order chi connectivity index (χ0) is 27.1. The quantitative estimate of drug-likeness (QED) is 0.425. The van der Waals surface area contributed by atoms with Crippen LogP contribution in [0.15, 0.2) is 60.2 Å². The highest BCUT2D eigenvalue weighted by molar-refractivity contribution is 6.12. The molecule has 3 aromatic carbocycles. The SMILES string of the molecule is CCOc1cc([C@@H]2Nc3ccc4ccccc4c3C3=C2C(=O)CC(C)(C)C3)ccc1OC(=O)N1CCOCC1. The van der Waals surface area contributed by atoms with Crippen LogP contribution >= 0.6 is 0 Å². The molecule has 2 heterocycles. The number of rotatable bonds is 4. The number of hydrogen-bond acceptors (Lipinski definition) is 6. The van der Waals surface area contributed by atoms with Gasteiger partial charge in [-0.05, 0) is 58.9 Å². The monoisotopic (exact) mass is 526 g/mol. The fourth-order valence-corrected chi connectivity index (χ4v) is 6.05. The van der Waals surface area contributed by atoms with Crippen molar-refractivity contribution < 1.29 is 23.8 Å². The maximum atomic E-state index is 13.8. The highest BCUT2D eigenvalue weighted by Gasteiger charge is 2.41. The van der Waals surface area contributed by atoms with Gasteiger partial charge < -0.3 is 24.4 Å². The third-order valence-electron chi connectivity index (χ3n) is 7.81. The molecule has 7 heteroatoms. The highest BCUT2D eigenvalue weighted by atomic mass is 16.6. The fraction of sp³-hybridized carbons (Fsp3) is 0.375. The van der Waals surface area contributed by atoms with Gasteiger partial charge in [0.1, 0.15) is 0 Å². The van der Waals surface area contributed by atoms with E-state index >= 15 is 0 Å². The van der Waals surface area contributed by atoms with Crippen LogP contribution in [0.1, 0.15) is 50.8 Å². The average Bonchev–Trinajstić information content (AvgIpc) is 2.93. The molecule has 0 saturated carbocycles. The first-order valence-electron chi connectivity index (χ1n) is 13.7. The minimum atomic E-state index is -0.418. The lowest BCUT2D eigenvalue weighted by molar-refractivity contribution is -0.118. The smallest absolute Gasteiger partial charge is 0.415 e. The second-order valence-electron chi connectivity index (χ2n) is 11.2. The summed E-state index contributed by atoms with van der Waals surface area (Å²) in [6, 6.07) is 17.8. The lowest BCUT2D eigenvalue weighted by atomic mass is 9.68. The zero-order valence-corrected chi connectivity index (χ0v) is 22.7. The number of ketones is 1. The van der Waals surface area contributed by atoms with Crippen molar-refractivity contribution >= 4 is 33.9 Å². The van der Waals surface area contributed by atoms with Gasteiger partial charge in [-0.1, -0.05) is 50.2 Å². The number of Topliss-reactive ketones (excluding diaryl/α,β-unsaturated/α-hetero) is 1. The molecule has 2 aliphatic heterocycles. The summed E-state index contributed by atoms with van der Waals surface area (Å²) in [4.78, 5) is 28.2. The topological polar surface area (TPSA) is 77.1 Å². The molecule has 7 nitrogen and oxygen atoms in total. The number of fused-ring (bicyclic) bond motifs is 4. The number of carbonyl (C=O) groups excluding carboxylic acids is 2. The van der Waals surface area contributed by atoms with Gasteiger partial charge in [-0.3, -0.25) is 4.79 Å². The summed E-state index contributed by atoms with van der Waals surface area (Å²) < 4.78 is 17.0. The number of morpholine rings is 1. The molecule has 0 unspecified atom stereocenters. The van der Waals surface area contributed by atoms with Gasteiger partial charge in [-0.15, -0.1) is 0 Å². The van der Waals surface area contributed by atoms with Crippen molar-refractivity contribution in [3.8, 4) is 11.5 Å². The molecule has 6 rings (SSSR count). The summed E-state index contributed by atoms with van der Waals surface area (Å²) in [5.74, 6) is 1.01. The summed E-state index contributed by atoms with van der Waals surface area (Å²) in [6.45, 7) is 8.64. The average molecular weight is 527 g/mol. The van der Waals surface area contributed by atoms with Crippen LogP contribution in [-0.2, 0) is 9.53 Å². The number of hydrogen-bond donors (Lipinski definition) is 1. The van der Waals surface area contributed by atoms with Crippen LogP contribution in [0.25, 0.3) is 16.3 Å². The molecule has 1 aliphatic carbocycles. The first-order chi connectivity index (χ1) is 18.8. The fourth-order valence-electron chi connectivity index (χ4n) is 6.05. The highest BCUT2D eigenvalue weighted by Crippen LogP contribution is 2.52. The van der Waals surface area contributed by atoms with Crippen LogP contribution in [0.4, 0.5) is 10.5 Å². The van der Waals surface area contributed by atoms with Crippen LogP contribution in [0.3, 0.4) is 0 Å². The van der Waals surface area contributed by atoms with Gasteiger partial charge in [0, 0.05) is 36.3 Å². The molecule has 1 N–H and O–H groups in total. The van der Waals surface area contributed by atoms with E-state index in [1.54, 1.807) is 11.0 Å². The summed E-state index contributed by atoms with van der Waals surface area (Å²) >= 11 is 0. The molecule has 0 bridgehead atoms. The van der Waals surface area contributed by atoms with Crippen molar-refractivity contribution in [1.29, 1.82) is 0 Å². The van der Waals surface area contributed by atoms with Gasteiger partial charge in [0.15, 0.2) is 17.3 Å². The van der Waals surface area contributed by atoms with E-state index < -0.39 is 6.09 Å². The molecular formula is C32H34N2O5. The van der Waals surface area contributed by atoms with Crippen molar-refractivity contribution in [1.82, 2.24) is 4.90 Å². The van der Waals surface area contributed by atoms with Gasteiger partial charge in [0.2, 0.25) is 0 Å². The van der Waals surface area contributed by atoms with E-state index in [-0.39, 0.29) is 17.2 Å². The van der Waals surface area contributed by atoms with Crippen LogP contribution in [0, 0.1) is 5.41 Å². The first-order valence-corrected chi connectivity index (χ1v) is 13.7.